The summed E-state index contributed by atoms with van der Waals surface area (Å²) in [4.78, 5) is 43.6. The van der Waals surface area contributed by atoms with Crippen molar-refractivity contribution in [1.29, 1.82) is 0 Å². The van der Waals surface area contributed by atoms with Gasteiger partial charge in [-0.2, -0.15) is 0 Å². The molecule has 8 heteroatoms. The summed E-state index contributed by atoms with van der Waals surface area (Å²) in [6, 6.07) is 10.8. The fraction of sp³-hybridized carbons (Fsp3) is 0.417. The van der Waals surface area contributed by atoms with Gasteiger partial charge in [0.2, 0.25) is 0 Å². The molecule has 4 amide bonds. The Morgan fingerprint density at radius 1 is 1.12 bits per heavy atom. The van der Waals surface area contributed by atoms with Gasteiger partial charge in [-0.1, -0.05) is 32.0 Å². The second-order valence-electron chi connectivity index (χ2n) is 8.88. The molecular weight excluding hydrogens is 406 g/mol. The van der Waals surface area contributed by atoms with Gasteiger partial charge in [0.05, 0.1) is 0 Å². The van der Waals surface area contributed by atoms with Gasteiger partial charge in [-0.25, -0.2) is 9.78 Å². The third kappa shape index (κ3) is 4.04. The van der Waals surface area contributed by atoms with Crippen molar-refractivity contribution in [2.24, 2.45) is 5.92 Å². The van der Waals surface area contributed by atoms with Crippen LogP contribution in [0, 0.1) is 12.8 Å². The first-order valence-electron chi connectivity index (χ1n) is 11.0. The molecule has 3 heterocycles. The number of pyridine rings is 1. The maximum atomic E-state index is 13.0. The van der Waals surface area contributed by atoms with Gasteiger partial charge in [0, 0.05) is 30.9 Å². The number of imide groups is 1. The number of urea groups is 1. The van der Waals surface area contributed by atoms with Crippen LogP contribution in [0.2, 0.25) is 0 Å². The summed E-state index contributed by atoms with van der Waals surface area (Å²) in [6.45, 7) is 7.11. The van der Waals surface area contributed by atoms with Crippen molar-refractivity contribution >= 4 is 23.7 Å². The van der Waals surface area contributed by atoms with Crippen LogP contribution in [0.4, 0.5) is 10.6 Å². The number of hydrogen-bond acceptors (Lipinski definition) is 5. The van der Waals surface area contributed by atoms with Crippen LogP contribution in [0.3, 0.4) is 0 Å². The normalized spacial score (nSPS) is 21.4. The summed E-state index contributed by atoms with van der Waals surface area (Å²) in [5, 5.41) is 8.54. The second kappa shape index (κ2) is 8.61. The summed E-state index contributed by atoms with van der Waals surface area (Å²) >= 11 is 0. The van der Waals surface area contributed by atoms with Crippen LogP contribution in [0.5, 0.6) is 0 Å². The lowest BCUT2D eigenvalue weighted by Crippen LogP contribution is -2.48. The number of likely N-dealkylation sites (tertiary alicyclic amines) is 1. The zero-order chi connectivity index (χ0) is 22.9. The highest BCUT2D eigenvalue weighted by atomic mass is 16.2. The van der Waals surface area contributed by atoms with Gasteiger partial charge in [-0.05, 0) is 55.0 Å². The van der Waals surface area contributed by atoms with Crippen LogP contribution >= 0.6 is 0 Å². The standard InChI is InChI=1S/C24H29N5O3/c1-15(2)24(22(31)27-23(32)28-24)18-7-5-17(6-8-18)21(30)29-12-10-19(11-13-29)26-20-9-4-16(3)14-25-20/h4-9,14-15,19H,10-13H2,1-3H3,(H,25,26)(H2,27,28,31,32). The van der Waals surface area contributed by atoms with Crippen molar-refractivity contribution in [2.45, 2.75) is 45.2 Å². The molecule has 1 unspecified atom stereocenters. The molecule has 0 radical (unpaired) electrons. The average Bonchev–Trinajstić information content (AvgIpc) is 3.10. The molecule has 32 heavy (non-hydrogen) atoms. The van der Waals surface area contributed by atoms with Crippen molar-refractivity contribution in [3.63, 3.8) is 0 Å². The Kier molecular flexibility index (Phi) is 5.86. The zero-order valence-corrected chi connectivity index (χ0v) is 18.6. The van der Waals surface area contributed by atoms with E-state index in [1.165, 1.54) is 0 Å². The number of carbonyl (C=O) groups is 3. The molecule has 4 rings (SSSR count). The van der Waals surface area contributed by atoms with E-state index in [4.69, 9.17) is 0 Å². The van der Waals surface area contributed by atoms with E-state index in [0.717, 1.165) is 24.2 Å². The Hall–Kier alpha value is -3.42. The topological polar surface area (TPSA) is 103 Å². The molecule has 2 aliphatic rings. The van der Waals surface area contributed by atoms with E-state index in [9.17, 15) is 14.4 Å². The third-order valence-electron chi connectivity index (χ3n) is 6.39. The number of aromatic nitrogens is 1. The van der Waals surface area contributed by atoms with Crippen LogP contribution in [0.25, 0.3) is 0 Å². The van der Waals surface area contributed by atoms with Crippen LogP contribution in [-0.2, 0) is 10.3 Å². The van der Waals surface area contributed by atoms with Gasteiger partial charge in [0.15, 0.2) is 0 Å². The predicted octanol–water partition coefficient (Wildman–Crippen LogP) is 2.80. The number of rotatable bonds is 5. The highest BCUT2D eigenvalue weighted by Gasteiger charge is 2.50. The number of carbonyl (C=O) groups excluding carboxylic acids is 3. The summed E-state index contributed by atoms with van der Waals surface area (Å²) < 4.78 is 0. The molecule has 0 aliphatic carbocycles. The highest BCUT2D eigenvalue weighted by Crippen LogP contribution is 2.33. The molecular formula is C24H29N5O3. The van der Waals surface area contributed by atoms with Gasteiger partial charge in [0.25, 0.3) is 11.8 Å². The maximum absolute atomic E-state index is 13.0. The lowest BCUT2D eigenvalue weighted by Gasteiger charge is -2.33. The minimum absolute atomic E-state index is 0.0260. The average molecular weight is 436 g/mol. The lowest BCUT2D eigenvalue weighted by atomic mass is 9.79. The fourth-order valence-electron chi connectivity index (χ4n) is 4.46. The molecule has 0 bridgehead atoms. The fourth-order valence-corrected chi connectivity index (χ4v) is 4.46. The molecule has 2 aromatic rings. The number of aryl methyl sites for hydroxylation is 1. The molecule has 8 nitrogen and oxygen atoms in total. The number of amides is 4. The van der Waals surface area contributed by atoms with Gasteiger partial charge in [-0.15, -0.1) is 0 Å². The molecule has 2 aliphatic heterocycles. The first kappa shape index (κ1) is 21.8. The van der Waals surface area contributed by atoms with E-state index in [0.29, 0.717) is 24.2 Å². The van der Waals surface area contributed by atoms with Gasteiger partial charge in [0.1, 0.15) is 11.4 Å². The molecule has 1 atom stereocenters. The first-order chi connectivity index (χ1) is 15.3. The second-order valence-corrected chi connectivity index (χ2v) is 8.88. The summed E-state index contributed by atoms with van der Waals surface area (Å²) in [7, 11) is 0. The molecule has 0 spiro atoms. The minimum Gasteiger partial charge on any atom is -0.367 e. The highest BCUT2D eigenvalue weighted by molar-refractivity contribution is 6.07. The van der Waals surface area contributed by atoms with E-state index in [2.05, 4.69) is 20.9 Å². The summed E-state index contributed by atoms with van der Waals surface area (Å²) in [6.07, 6.45) is 3.54. The zero-order valence-electron chi connectivity index (χ0n) is 18.6. The molecule has 1 aromatic heterocycles. The molecule has 0 saturated carbocycles. The largest absolute Gasteiger partial charge is 0.367 e. The monoisotopic (exact) mass is 435 g/mol. The Morgan fingerprint density at radius 3 is 2.34 bits per heavy atom. The smallest absolute Gasteiger partial charge is 0.322 e. The van der Waals surface area contributed by atoms with Crippen LogP contribution in [-0.4, -0.2) is 46.9 Å². The van der Waals surface area contributed by atoms with Crippen molar-refractivity contribution in [3.8, 4) is 0 Å². The Balaban J connectivity index is 1.40. The van der Waals surface area contributed by atoms with Gasteiger partial charge >= 0.3 is 6.03 Å². The van der Waals surface area contributed by atoms with E-state index in [-0.39, 0.29) is 23.8 Å². The number of nitrogens with zero attached hydrogens (tertiary/aromatic N) is 2. The van der Waals surface area contributed by atoms with Crippen LogP contribution < -0.4 is 16.0 Å². The number of benzene rings is 1. The summed E-state index contributed by atoms with van der Waals surface area (Å²) in [5.74, 6) is 0.319. The van der Waals surface area contributed by atoms with Crippen molar-refractivity contribution in [3.05, 3.63) is 59.3 Å². The third-order valence-corrected chi connectivity index (χ3v) is 6.39. The van der Waals surface area contributed by atoms with Crippen LogP contribution in [0.15, 0.2) is 42.6 Å². The van der Waals surface area contributed by atoms with Gasteiger partial charge in [-0.3, -0.25) is 14.9 Å². The predicted molar refractivity (Wildman–Crippen MR) is 121 cm³/mol. The lowest BCUT2D eigenvalue weighted by molar-refractivity contribution is -0.125. The molecule has 2 fully saturated rings. The Labute approximate surface area is 187 Å². The van der Waals surface area contributed by atoms with Gasteiger partial charge < -0.3 is 15.5 Å². The Morgan fingerprint density at radius 2 is 1.81 bits per heavy atom. The number of nitrogens with one attached hydrogen (secondary N) is 3. The minimum atomic E-state index is -1.12. The SMILES string of the molecule is Cc1ccc(NC2CCN(C(=O)c3ccc(C4(C(C)C)NC(=O)NC4=O)cc3)CC2)nc1. The van der Waals surface area contributed by atoms with E-state index < -0.39 is 11.6 Å². The first-order valence-corrected chi connectivity index (χ1v) is 11.0. The number of piperidine rings is 1. The van der Waals surface area contributed by atoms with E-state index >= 15 is 0 Å². The number of anilines is 1. The quantitative estimate of drug-likeness (QED) is 0.627. The summed E-state index contributed by atoms with van der Waals surface area (Å²) in [5.41, 5.74) is 1.24. The molecule has 168 valence electrons. The van der Waals surface area contributed by atoms with Crippen LogP contribution in [0.1, 0.15) is 48.2 Å². The maximum Gasteiger partial charge on any atom is 0.322 e. The van der Waals surface area contributed by atoms with E-state index in [1.54, 1.807) is 24.3 Å². The van der Waals surface area contributed by atoms with Crippen molar-refractivity contribution in [2.75, 3.05) is 18.4 Å². The molecule has 2 saturated heterocycles. The molecule has 1 aromatic carbocycles. The van der Waals surface area contributed by atoms with Crippen molar-refractivity contribution in [1.82, 2.24) is 20.5 Å². The van der Waals surface area contributed by atoms with Crippen molar-refractivity contribution < 1.29 is 14.4 Å². The molecule has 3 N–H and O–H groups in total. The number of hydrogen-bond donors (Lipinski definition) is 3. The van der Waals surface area contributed by atoms with E-state index in [1.807, 2.05) is 44.0 Å². The Bertz CT molecular complexity index is 1010.